The third-order valence-electron chi connectivity index (χ3n) is 1.69. The molecule has 0 unspecified atom stereocenters. The number of ketones is 1. The van der Waals surface area contributed by atoms with Gasteiger partial charge in [0.05, 0.1) is 5.56 Å². The average molecular weight is 203 g/mol. The first-order chi connectivity index (χ1) is 6.45. The van der Waals surface area contributed by atoms with Crippen molar-refractivity contribution < 1.29 is 18.0 Å². The molecule has 1 aromatic rings. The molecule has 0 radical (unpaired) electrons. The fourth-order valence-electron chi connectivity index (χ4n) is 0.940. The van der Waals surface area contributed by atoms with Crippen molar-refractivity contribution in [2.75, 3.05) is 0 Å². The van der Waals surface area contributed by atoms with E-state index in [1.165, 1.54) is 0 Å². The second kappa shape index (κ2) is 3.77. The molecule has 1 heterocycles. The van der Waals surface area contributed by atoms with Gasteiger partial charge in [-0.2, -0.15) is 13.2 Å². The summed E-state index contributed by atoms with van der Waals surface area (Å²) in [7, 11) is 0. The molecule has 0 bridgehead atoms. The monoisotopic (exact) mass is 203 g/mol. The number of Topliss-reactive ketones (excluding diaryl/α,β-unsaturated/α-hetero) is 1. The molecule has 0 amide bonds. The van der Waals surface area contributed by atoms with Gasteiger partial charge in [0.2, 0.25) is 0 Å². The van der Waals surface area contributed by atoms with Crippen LogP contribution in [-0.2, 0) is 6.18 Å². The summed E-state index contributed by atoms with van der Waals surface area (Å²) < 4.78 is 36.6. The Kier molecular flexibility index (Phi) is 2.88. The van der Waals surface area contributed by atoms with Crippen molar-refractivity contribution in [1.29, 1.82) is 0 Å². The van der Waals surface area contributed by atoms with Gasteiger partial charge in [-0.3, -0.25) is 9.78 Å². The van der Waals surface area contributed by atoms with Crippen LogP contribution in [0.3, 0.4) is 0 Å². The van der Waals surface area contributed by atoms with Crippen molar-refractivity contribution in [3.05, 3.63) is 29.6 Å². The molecule has 0 fully saturated rings. The van der Waals surface area contributed by atoms with E-state index >= 15 is 0 Å². The summed E-state index contributed by atoms with van der Waals surface area (Å²) in [4.78, 5) is 14.6. The lowest BCUT2D eigenvalue weighted by atomic mass is 10.1. The van der Waals surface area contributed by atoms with Gasteiger partial charge in [-0.05, 0) is 12.1 Å². The topological polar surface area (TPSA) is 30.0 Å². The Morgan fingerprint density at radius 3 is 2.64 bits per heavy atom. The van der Waals surface area contributed by atoms with Gasteiger partial charge in [-0.25, -0.2) is 0 Å². The molecule has 76 valence electrons. The summed E-state index contributed by atoms with van der Waals surface area (Å²) in [5.74, 6) is -0.393. The molecule has 2 nitrogen and oxygen atoms in total. The predicted molar refractivity (Wildman–Crippen MR) is 43.9 cm³/mol. The van der Waals surface area contributed by atoms with Crippen LogP contribution in [0.4, 0.5) is 13.2 Å². The van der Waals surface area contributed by atoms with Crippen LogP contribution in [0.1, 0.15) is 29.4 Å². The van der Waals surface area contributed by atoms with Crippen LogP contribution < -0.4 is 0 Å². The minimum atomic E-state index is -4.42. The van der Waals surface area contributed by atoms with E-state index in [-0.39, 0.29) is 12.1 Å². The van der Waals surface area contributed by atoms with Crippen molar-refractivity contribution in [3.8, 4) is 0 Å². The molecule has 1 rings (SSSR count). The molecule has 0 saturated carbocycles. The Balaban J connectivity index is 3.08. The van der Waals surface area contributed by atoms with Crippen LogP contribution in [0.2, 0.25) is 0 Å². The summed E-state index contributed by atoms with van der Waals surface area (Å²) >= 11 is 0. The van der Waals surface area contributed by atoms with Crippen molar-refractivity contribution in [2.45, 2.75) is 19.5 Å². The van der Waals surface area contributed by atoms with Crippen LogP contribution in [0.15, 0.2) is 18.3 Å². The first kappa shape index (κ1) is 10.7. The van der Waals surface area contributed by atoms with Gasteiger partial charge in [-0.15, -0.1) is 0 Å². The summed E-state index contributed by atoms with van der Waals surface area (Å²) in [6, 6.07) is 1.61. The summed E-state index contributed by atoms with van der Waals surface area (Å²) in [6.07, 6.45) is -3.29. The van der Waals surface area contributed by atoms with E-state index in [1.54, 1.807) is 6.92 Å². The number of alkyl halides is 3. The molecule has 14 heavy (non-hydrogen) atoms. The maximum Gasteiger partial charge on any atom is 0.416 e. The van der Waals surface area contributed by atoms with E-state index < -0.39 is 17.5 Å². The summed E-state index contributed by atoms with van der Waals surface area (Å²) in [5.41, 5.74) is -0.980. The van der Waals surface area contributed by atoms with E-state index in [0.29, 0.717) is 0 Å². The number of hydrogen-bond acceptors (Lipinski definition) is 2. The van der Waals surface area contributed by atoms with Gasteiger partial charge >= 0.3 is 6.18 Å². The molecule has 0 saturated heterocycles. The van der Waals surface area contributed by atoms with Gasteiger partial charge in [0.1, 0.15) is 5.69 Å². The highest BCUT2D eigenvalue weighted by Crippen LogP contribution is 2.29. The number of pyridine rings is 1. The van der Waals surface area contributed by atoms with E-state index in [9.17, 15) is 18.0 Å². The smallest absolute Gasteiger partial charge is 0.292 e. The maximum absolute atomic E-state index is 12.2. The number of hydrogen-bond donors (Lipinski definition) is 0. The Morgan fingerprint density at radius 1 is 1.50 bits per heavy atom. The largest absolute Gasteiger partial charge is 0.416 e. The lowest BCUT2D eigenvalue weighted by Crippen LogP contribution is -2.08. The molecule has 0 aliphatic rings. The van der Waals surface area contributed by atoms with Crippen molar-refractivity contribution in [3.63, 3.8) is 0 Å². The molecule has 0 aliphatic heterocycles. The van der Waals surface area contributed by atoms with Gasteiger partial charge in [0.15, 0.2) is 5.78 Å². The van der Waals surface area contributed by atoms with E-state index in [0.717, 1.165) is 18.3 Å². The molecule has 0 atom stereocenters. The Bertz CT molecular complexity index is 346. The minimum Gasteiger partial charge on any atom is -0.292 e. The second-order valence-electron chi connectivity index (χ2n) is 2.70. The Labute approximate surface area is 78.8 Å². The fourth-order valence-corrected chi connectivity index (χ4v) is 0.940. The standard InChI is InChI=1S/C9H8F3NO/c1-2-8(14)7-5-6(3-4-13-7)9(10,11)12/h3-5H,2H2,1H3. The van der Waals surface area contributed by atoms with Gasteiger partial charge in [0.25, 0.3) is 0 Å². The van der Waals surface area contributed by atoms with Crippen LogP contribution in [-0.4, -0.2) is 10.8 Å². The highest BCUT2D eigenvalue weighted by atomic mass is 19.4. The number of carbonyl (C=O) groups is 1. The van der Waals surface area contributed by atoms with Crippen LogP contribution in [0.25, 0.3) is 0 Å². The number of nitrogens with zero attached hydrogens (tertiary/aromatic N) is 1. The van der Waals surface area contributed by atoms with E-state index in [2.05, 4.69) is 4.98 Å². The zero-order valence-electron chi connectivity index (χ0n) is 7.43. The normalized spacial score (nSPS) is 11.4. The first-order valence-electron chi connectivity index (χ1n) is 4.01. The number of rotatable bonds is 2. The van der Waals surface area contributed by atoms with Crippen LogP contribution >= 0.6 is 0 Å². The number of halogens is 3. The highest BCUT2D eigenvalue weighted by Gasteiger charge is 2.31. The molecular formula is C9H8F3NO. The molecule has 1 aromatic heterocycles. The molecular weight excluding hydrogens is 195 g/mol. The van der Waals surface area contributed by atoms with E-state index in [4.69, 9.17) is 0 Å². The minimum absolute atomic E-state index is 0.137. The predicted octanol–water partition coefficient (Wildman–Crippen LogP) is 2.69. The fraction of sp³-hybridized carbons (Fsp3) is 0.333. The lowest BCUT2D eigenvalue weighted by Gasteiger charge is -2.06. The van der Waals surface area contributed by atoms with E-state index in [1.807, 2.05) is 0 Å². The van der Waals surface area contributed by atoms with Gasteiger partial charge in [0, 0.05) is 12.6 Å². The van der Waals surface area contributed by atoms with Crippen LogP contribution in [0.5, 0.6) is 0 Å². The third kappa shape index (κ3) is 2.31. The highest BCUT2D eigenvalue weighted by molar-refractivity contribution is 5.94. The summed E-state index contributed by atoms with van der Waals surface area (Å²) in [5, 5.41) is 0. The third-order valence-corrected chi connectivity index (χ3v) is 1.69. The molecule has 0 aliphatic carbocycles. The van der Waals surface area contributed by atoms with Crippen LogP contribution in [0, 0.1) is 0 Å². The molecule has 5 heteroatoms. The zero-order valence-corrected chi connectivity index (χ0v) is 7.43. The molecule has 0 spiro atoms. The average Bonchev–Trinajstić information content (AvgIpc) is 2.15. The second-order valence-corrected chi connectivity index (χ2v) is 2.70. The maximum atomic E-state index is 12.2. The quantitative estimate of drug-likeness (QED) is 0.691. The van der Waals surface area contributed by atoms with Gasteiger partial charge in [-0.1, -0.05) is 6.92 Å². The molecule has 0 N–H and O–H groups in total. The SMILES string of the molecule is CCC(=O)c1cc(C(F)(F)F)ccn1. The Hall–Kier alpha value is -1.39. The number of aromatic nitrogens is 1. The number of carbonyl (C=O) groups excluding carboxylic acids is 1. The first-order valence-corrected chi connectivity index (χ1v) is 4.01. The van der Waals surface area contributed by atoms with Crippen molar-refractivity contribution in [1.82, 2.24) is 4.98 Å². The summed E-state index contributed by atoms with van der Waals surface area (Å²) in [6.45, 7) is 1.57. The zero-order chi connectivity index (χ0) is 10.8. The van der Waals surface area contributed by atoms with Crippen molar-refractivity contribution in [2.24, 2.45) is 0 Å². The molecule has 0 aromatic carbocycles. The van der Waals surface area contributed by atoms with Crippen molar-refractivity contribution >= 4 is 5.78 Å². The lowest BCUT2D eigenvalue weighted by molar-refractivity contribution is -0.137. The Morgan fingerprint density at radius 2 is 2.14 bits per heavy atom. The van der Waals surface area contributed by atoms with Gasteiger partial charge < -0.3 is 0 Å².